The zero-order valence-corrected chi connectivity index (χ0v) is 12.7. The normalized spacial score (nSPS) is 11.5. The highest BCUT2D eigenvalue weighted by molar-refractivity contribution is 5.84. The van der Waals surface area contributed by atoms with E-state index in [-0.39, 0.29) is 0 Å². The smallest absolute Gasteiger partial charge is 0.102 e. The molecule has 0 amide bonds. The minimum atomic E-state index is 1.05. The number of amidine groups is 1. The van der Waals surface area contributed by atoms with E-state index in [1.807, 2.05) is 6.08 Å². The third-order valence-electron chi connectivity index (χ3n) is 3.21. The van der Waals surface area contributed by atoms with E-state index in [4.69, 9.17) is 4.99 Å². The first-order chi connectivity index (χ1) is 9.13. The van der Waals surface area contributed by atoms with Crippen LogP contribution in [0.1, 0.15) is 44.7 Å². The molecule has 104 valence electrons. The van der Waals surface area contributed by atoms with Crippen molar-refractivity contribution in [1.29, 1.82) is 0 Å². The fourth-order valence-corrected chi connectivity index (χ4v) is 2.21. The number of hydrogen-bond acceptors (Lipinski definition) is 1. The quantitative estimate of drug-likeness (QED) is 0.528. The second-order valence-electron chi connectivity index (χ2n) is 4.86. The van der Waals surface area contributed by atoms with Gasteiger partial charge in [-0.3, -0.25) is 0 Å². The Labute approximate surface area is 117 Å². The lowest BCUT2D eigenvalue weighted by Crippen LogP contribution is -2.30. The number of benzene rings is 1. The summed E-state index contributed by atoms with van der Waals surface area (Å²) >= 11 is 0. The van der Waals surface area contributed by atoms with Gasteiger partial charge in [-0.1, -0.05) is 44.7 Å². The van der Waals surface area contributed by atoms with Gasteiger partial charge >= 0.3 is 0 Å². The van der Waals surface area contributed by atoms with Crippen molar-refractivity contribution in [3.05, 3.63) is 35.9 Å². The monoisotopic (exact) mass is 258 g/mol. The molecule has 0 aromatic heterocycles. The topological polar surface area (TPSA) is 15.6 Å². The van der Waals surface area contributed by atoms with E-state index in [0.717, 1.165) is 43.0 Å². The van der Waals surface area contributed by atoms with Gasteiger partial charge in [0.05, 0.1) is 5.69 Å². The van der Waals surface area contributed by atoms with Crippen LogP contribution in [0.3, 0.4) is 0 Å². The summed E-state index contributed by atoms with van der Waals surface area (Å²) in [4.78, 5) is 7.20. The van der Waals surface area contributed by atoms with Gasteiger partial charge in [0.1, 0.15) is 5.84 Å². The molecule has 0 saturated heterocycles. The van der Waals surface area contributed by atoms with Crippen molar-refractivity contribution in [3.63, 3.8) is 0 Å². The summed E-state index contributed by atoms with van der Waals surface area (Å²) < 4.78 is 0. The molecule has 0 saturated carbocycles. The Bertz CT molecular complexity index is 441. The molecule has 2 heteroatoms. The molecule has 1 aromatic carbocycles. The van der Waals surface area contributed by atoms with Crippen molar-refractivity contribution < 1.29 is 0 Å². The second-order valence-corrected chi connectivity index (χ2v) is 4.86. The maximum atomic E-state index is 4.84. The van der Waals surface area contributed by atoms with Crippen molar-refractivity contribution in [1.82, 2.24) is 4.90 Å². The highest BCUT2D eigenvalue weighted by Gasteiger charge is 2.07. The van der Waals surface area contributed by atoms with Crippen LogP contribution in [0.2, 0.25) is 0 Å². The summed E-state index contributed by atoms with van der Waals surface area (Å²) in [5.41, 5.74) is 3.35. The van der Waals surface area contributed by atoms with Gasteiger partial charge in [0.2, 0.25) is 0 Å². The number of hydrogen-bond donors (Lipinski definition) is 0. The van der Waals surface area contributed by atoms with Gasteiger partial charge in [-0.05, 0) is 37.8 Å². The van der Waals surface area contributed by atoms with Gasteiger partial charge < -0.3 is 4.90 Å². The van der Waals surface area contributed by atoms with Crippen LogP contribution in [0, 0.1) is 6.92 Å². The van der Waals surface area contributed by atoms with Gasteiger partial charge in [0, 0.05) is 13.1 Å². The first-order valence-corrected chi connectivity index (χ1v) is 7.16. The number of aliphatic imine (C=N–C) groups is 1. The summed E-state index contributed by atoms with van der Waals surface area (Å²) in [5.74, 6) is 1.10. The average Bonchev–Trinajstić information content (AvgIpc) is 2.40. The van der Waals surface area contributed by atoms with Gasteiger partial charge in [-0.2, -0.15) is 0 Å². The molecular weight excluding hydrogens is 232 g/mol. The molecule has 1 rings (SSSR count). The van der Waals surface area contributed by atoms with Crippen molar-refractivity contribution >= 4 is 17.6 Å². The predicted octanol–water partition coefficient (Wildman–Crippen LogP) is 4.81. The maximum Gasteiger partial charge on any atom is 0.102 e. The molecule has 0 N–H and O–H groups in total. The van der Waals surface area contributed by atoms with Crippen molar-refractivity contribution in [2.45, 2.75) is 40.5 Å². The molecule has 0 aliphatic carbocycles. The molecule has 0 atom stereocenters. The van der Waals surface area contributed by atoms with Crippen molar-refractivity contribution in [2.75, 3.05) is 13.1 Å². The molecular formula is C17H26N2. The van der Waals surface area contributed by atoms with Crippen molar-refractivity contribution in [3.8, 4) is 0 Å². The molecule has 2 nitrogen and oxygen atoms in total. The van der Waals surface area contributed by atoms with E-state index >= 15 is 0 Å². The predicted molar refractivity (Wildman–Crippen MR) is 86.2 cm³/mol. The van der Waals surface area contributed by atoms with Crippen LogP contribution < -0.4 is 0 Å². The molecule has 0 radical (unpaired) electrons. The lowest BCUT2D eigenvalue weighted by Gasteiger charge is -2.23. The maximum absolute atomic E-state index is 4.84. The van der Waals surface area contributed by atoms with E-state index in [1.165, 1.54) is 5.56 Å². The Morgan fingerprint density at radius 3 is 2.42 bits per heavy atom. The molecule has 0 spiro atoms. The Balaban J connectivity index is 3.08. The average molecular weight is 258 g/mol. The van der Waals surface area contributed by atoms with E-state index < -0.39 is 0 Å². The van der Waals surface area contributed by atoms with Crippen LogP contribution in [0.4, 0.5) is 5.69 Å². The Kier molecular flexibility index (Phi) is 6.34. The number of rotatable bonds is 6. The first kappa shape index (κ1) is 15.5. The van der Waals surface area contributed by atoms with Crippen LogP contribution in [0.25, 0.3) is 6.08 Å². The zero-order chi connectivity index (χ0) is 14.3. The first-order valence-electron chi connectivity index (χ1n) is 7.16. The Morgan fingerprint density at radius 1 is 1.26 bits per heavy atom. The molecule has 19 heavy (non-hydrogen) atoms. The van der Waals surface area contributed by atoms with Crippen LogP contribution in [0.15, 0.2) is 29.8 Å². The van der Waals surface area contributed by atoms with Crippen LogP contribution in [0.5, 0.6) is 0 Å². The number of aryl methyl sites for hydroxylation is 1. The summed E-state index contributed by atoms with van der Waals surface area (Å²) in [6.45, 7) is 14.6. The van der Waals surface area contributed by atoms with Crippen LogP contribution >= 0.6 is 0 Å². The van der Waals surface area contributed by atoms with Crippen molar-refractivity contribution in [2.24, 2.45) is 4.99 Å². The fraction of sp³-hybridized carbons (Fsp3) is 0.471. The molecule has 0 bridgehead atoms. The third-order valence-corrected chi connectivity index (χ3v) is 3.21. The lowest BCUT2D eigenvalue weighted by atomic mass is 10.1. The zero-order valence-electron chi connectivity index (χ0n) is 12.7. The standard InChI is InChI=1S/C17H26N2/c1-6-12-19(13-7-2)15(5)18-17-14(4)10-9-11-16(17)8-3/h8-11H,3,6-7,12-13H2,1-2,4-5H3. The highest BCUT2D eigenvalue weighted by atomic mass is 15.2. The van der Waals surface area contributed by atoms with Gasteiger partial charge in [0.15, 0.2) is 0 Å². The SMILES string of the molecule is C=Cc1cccc(C)c1N=C(C)N(CCC)CCC. The van der Waals surface area contributed by atoms with E-state index in [0.29, 0.717) is 0 Å². The van der Waals surface area contributed by atoms with Gasteiger partial charge in [-0.15, -0.1) is 0 Å². The minimum absolute atomic E-state index is 1.05. The number of para-hydroxylation sites is 1. The fourth-order valence-electron chi connectivity index (χ4n) is 2.21. The van der Waals surface area contributed by atoms with Crippen LogP contribution in [-0.4, -0.2) is 23.8 Å². The highest BCUT2D eigenvalue weighted by Crippen LogP contribution is 2.25. The molecule has 1 aromatic rings. The number of nitrogens with zero attached hydrogens (tertiary/aromatic N) is 2. The summed E-state index contributed by atoms with van der Waals surface area (Å²) in [5, 5.41) is 0. The molecule has 0 heterocycles. The van der Waals surface area contributed by atoms with Crippen LogP contribution in [-0.2, 0) is 0 Å². The Hall–Kier alpha value is -1.57. The largest absolute Gasteiger partial charge is 0.360 e. The molecule has 0 aliphatic rings. The Morgan fingerprint density at radius 2 is 1.89 bits per heavy atom. The summed E-state index contributed by atoms with van der Waals surface area (Å²) in [6, 6.07) is 6.22. The van der Waals surface area contributed by atoms with Gasteiger partial charge in [-0.25, -0.2) is 4.99 Å². The summed E-state index contributed by atoms with van der Waals surface area (Å²) in [6.07, 6.45) is 4.17. The van der Waals surface area contributed by atoms with E-state index in [2.05, 4.69) is 57.4 Å². The third kappa shape index (κ3) is 4.23. The molecule has 0 fully saturated rings. The molecule has 0 unspecified atom stereocenters. The van der Waals surface area contributed by atoms with Gasteiger partial charge in [0.25, 0.3) is 0 Å². The van der Waals surface area contributed by atoms with E-state index in [1.54, 1.807) is 0 Å². The summed E-state index contributed by atoms with van der Waals surface area (Å²) in [7, 11) is 0. The second kappa shape index (κ2) is 7.78. The molecule has 0 aliphatic heterocycles. The lowest BCUT2D eigenvalue weighted by molar-refractivity contribution is 0.414. The minimum Gasteiger partial charge on any atom is -0.360 e. The van der Waals surface area contributed by atoms with E-state index in [9.17, 15) is 0 Å².